The van der Waals surface area contributed by atoms with Gasteiger partial charge < -0.3 is 9.64 Å². The Hall–Kier alpha value is -2.11. The topological polar surface area (TPSA) is 66.9 Å². The largest absolute Gasteiger partial charge is 0.444 e. The van der Waals surface area contributed by atoms with E-state index in [2.05, 4.69) is 10.8 Å². The van der Waals surface area contributed by atoms with Gasteiger partial charge in [0.2, 0.25) is 0 Å². The number of piperazine rings is 1. The molecule has 0 aliphatic carbocycles. The number of ether oxygens (including phenoxy) is 1. The Balaban J connectivity index is 2.16. The normalized spacial score (nSPS) is 16.0. The van der Waals surface area contributed by atoms with E-state index in [0.717, 1.165) is 0 Å². The molecule has 1 saturated heterocycles. The van der Waals surface area contributed by atoms with Gasteiger partial charge in [0.15, 0.2) is 0 Å². The Bertz CT molecular complexity index is 906. The van der Waals surface area contributed by atoms with E-state index in [1.807, 2.05) is 20.8 Å². The van der Waals surface area contributed by atoms with Gasteiger partial charge in [-0.2, -0.15) is 8.42 Å². The maximum Gasteiger partial charge on any atom is 0.410 e. The van der Waals surface area contributed by atoms with Gasteiger partial charge in [-0.05, 0) is 57.4 Å². The zero-order chi connectivity index (χ0) is 21.3. The molecule has 1 heterocycles. The Morgan fingerprint density at radius 1 is 1.21 bits per heavy atom. The third-order valence-electron chi connectivity index (χ3n) is 4.70. The second-order valence-corrected chi connectivity index (χ2v) is 9.27. The van der Waals surface area contributed by atoms with Crippen molar-refractivity contribution in [2.24, 2.45) is 0 Å². The average molecular weight is 411 g/mol. The monoisotopic (exact) mass is 410 g/mol. The number of hydrogen-bond acceptors (Lipinski definition) is 5. The van der Waals surface area contributed by atoms with Crippen molar-refractivity contribution in [2.75, 3.05) is 26.2 Å². The molecule has 1 aromatic rings. The maximum atomic E-state index is 13.8. The molecule has 0 N–H and O–H groups in total. The van der Waals surface area contributed by atoms with Gasteiger partial charge in [0.05, 0.1) is 0 Å². The van der Waals surface area contributed by atoms with Crippen LogP contribution in [0.2, 0.25) is 0 Å². The van der Waals surface area contributed by atoms with E-state index in [4.69, 9.17) is 11.2 Å². The number of terminal acetylenes is 1. The third kappa shape index (κ3) is 5.24. The summed E-state index contributed by atoms with van der Waals surface area (Å²) in [4.78, 5) is 15.5. The lowest BCUT2D eigenvalue weighted by molar-refractivity contribution is 0.0138. The first kappa shape index (κ1) is 22.2. The predicted molar refractivity (Wildman–Crippen MR) is 105 cm³/mol. The minimum absolute atomic E-state index is 0.251. The summed E-state index contributed by atoms with van der Waals surface area (Å²) in [5.74, 6) is 2.44. The van der Waals surface area contributed by atoms with Crippen molar-refractivity contribution in [1.82, 2.24) is 9.80 Å². The lowest BCUT2D eigenvalue weighted by atomic mass is 9.99. The van der Waals surface area contributed by atoms with Crippen molar-refractivity contribution < 1.29 is 21.8 Å². The van der Waals surface area contributed by atoms with Crippen LogP contribution in [0, 0.1) is 26.2 Å². The zero-order valence-corrected chi connectivity index (χ0v) is 17.8. The fourth-order valence-electron chi connectivity index (χ4n) is 3.28. The SMILES string of the molecule is C#Cc1cc(CN2CCN(C(=O)OC(C)(C)C)CC2)c(C)c(S(=O)(=O)F)c1C. The first-order valence-corrected chi connectivity index (χ1v) is 10.5. The van der Waals surface area contributed by atoms with Crippen molar-refractivity contribution >= 4 is 16.3 Å². The van der Waals surface area contributed by atoms with Gasteiger partial charge in [0.1, 0.15) is 10.5 Å². The number of rotatable bonds is 3. The van der Waals surface area contributed by atoms with Crippen LogP contribution in [0.1, 0.15) is 43.0 Å². The third-order valence-corrected chi connectivity index (χ3v) is 5.80. The van der Waals surface area contributed by atoms with Crippen LogP contribution in [-0.4, -0.2) is 56.1 Å². The molecule has 0 saturated carbocycles. The second kappa shape index (κ2) is 8.10. The molecule has 0 radical (unpaired) electrons. The lowest BCUT2D eigenvalue weighted by Crippen LogP contribution is -2.49. The summed E-state index contributed by atoms with van der Waals surface area (Å²) < 4.78 is 42.4. The lowest BCUT2D eigenvalue weighted by Gasteiger charge is -2.36. The van der Waals surface area contributed by atoms with E-state index < -0.39 is 15.8 Å². The van der Waals surface area contributed by atoms with Gasteiger partial charge in [0.25, 0.3) is 0 Å². The maximum absolute atomic E-state index is 13.8. The number of carbonyl (C=O) groups is 1. The van der Waals surface area contributed by atoms with Crippen molar-refractivity contribution in [2.45, 2.75) is 51.7 Å². The van der Waals surface area contributed by atoms with E-state index in [1.54, 1.807) is 17.9 Å². The molecule has 0 atom stereocenters. The molecule has 1 aliphatic rings. The number of amides is 1. The summed E-state index contributed by atoms with van der Waals surface area (Å²) >= 11 is 0. The number of hydrogen-bond donors (Lipinski definition) is 0. The number of benzene rings is 1. The molecule has 1 aliphatic heterocycles. The summed E-state index contributed by atoms with van der Waals surface area (Å²) in [7, 11) is -4.88. The number of carbonyl (C=O) groups excluding carboxylic acids is 1. The van der Waals surface area contributed by atoms with Gasteiger partial charge in [-0.3, -0.25) is 4.90 Å². The van der Waals surface area contributed by atoms with E-state index in [0.29, 0.717) is 49.4 Å². The molecule has 8 heteroatoms. The molecule has 0 unspecified atom stereocenters. The molecule has 0 bridgehead atoms. The Morgan fingerprint density at radius 3 is 2.25 bits per heavy atom. The average Bonchev–Trinajstić information content (AvgIpc) is 2.55. The number of nitrogens with zero attached hydrogens (tertiary/aromatic N) is 2. The van der Waals surface area contributed by atoms with Crippen LogP contribution < -0.4 is 0 Å². The first-order valence-electron chi connectivity index (χ1n) is 9.08. The second-order valence-electron chi connectivity index (χ2n) is 7.99. The van der Waals surface area contributed by atoms with Crippen molar-refractivity contribution in [3.63, 3.8) is 0 Å². The number of halogens is 1. The fraction of sp³-hybridized carbons (Fsp3) is 0.550. The standard InChI is InChI=1S/C20H27FN2O4S/c1-7-16-12-17(15(3)18(14(16)2)28(21,25)26)13-22-8-10-23(11-9-22)19(24)27-20(4,5)6/h1,12H,8-11,13H2,2-6H3. The van der Waals surface area contributed by atoms with Gasteiger partial charge in [0, 0.05) is 38.3 Å². The highest BCUT2D eigenvalue weighted by atomic mass is 32.3. The van der Waals surface area contributed by atoms with Gasteiger partial charge >= 0.3 is 16.3 Å². The van der Waals surface area contributed by atoms with Gasteiger partial charge in [-0.25, -0.2) is 4.79 Å². The van der Waals surface area contributed by atoms with E-state index in [1.165, 1.54) is 6.92 Å². The molecule has 6 nitrogen and oxygen atoms in total. The van der Waals surface area contributed by atoms with Crippen LogP contribution in [0.4, 0.5) is 8.68 Å². The van der Waals surface area contributed by atoms with Crippen LogP contribution in [0.5, 0.6) is 0 Å². The van der Waals surface area contributed by atoms with Crippen LogP contribution in [0.15, 0.2) is 11.0 Å². The Morgan fingerprint density at radius 2 is 1.79 bits per heavy atom. The van der Waals surface area contributed by atoms with Crippen molar-refractivity contribution in [3.8, 4) is 12.3 Å². The molecule has 154 valence electrons. The summed E-state index contributed by atoms with van der Waals surface area (Å²) in [6.45, 7) is 11.2. The molecule has 0 aromatic heterocycles. The Labute approximate surface area is 166 Å². The summed E-state index contributed by atoms with van der Waals surface area (Å²) in [6, 6.07) is 1.74. The molecular weight excluding hydrogens is 383 g/mol. The van der Waals surface area contributed by atoms with E-state index in [9.17, 15) is 17.1 Å². The summed E-state index contributed by atoms with van der Waals surface area (Å²) in [5.41, 5.74) is 1.10. The van der Waals surface area contributed by atoms with Crippen molar-refractivity contribution in [3.05, 3.63) is 28.3 Å². The quantitative estimate of drug-likeness (QED) is 0.566. The van der Waals surface area contributed by atoms with Crippen LogP contribution >= 0.6 is 0 Å². The molecular formula is C20H27FN2O4S. The van der Waals surface area contributed by atoms with E-state index >= 15 is 0 Å². The highest BCUT2D eigenvalue weighted by Gasteiger charge is 2.27. The summed E-state index contributed by atoms with van der Waals surface area (Å²) in [5, 5.41) is 0. The summed E-state index contributed by atoms with van der Waals surface area (Å²) in [6.07, 6.45) is 5.13. The Kier molecular flexibility index (Phi) is 6.41. The highest BCUT2D eigenvalue weighted by Crippen LogP contribution is 2.29. The minimum Gasteiger partial charge on any atom is -0.444 e. The first-order chi connectivity index (χ1) is 12.8. The molecule has 28 heavy (non-hydrogen) atoms. The van der Waals surface area contributed by atoms with Gasteiger partial charge in [-0.1, -0.05) is 5.92 Å². The van der Waals surface area contributed by atoms with Crippen LogP contribution in [0.25, 0.3) is 0 Å². The van der Waals surface area contributed by atoms with Crippen LogP contribution in [-0.2, 0) is 21.5 Å². The van der Waals surface area contributed by atoms with Crippen molar-refractivity contribution in [1.29, 1.82) is 0 Å². The molecule has 1 aromatic carbocycles. The van der Waals surface area contributed by atoms with Crippen LogP contribution in [0.3, 0.4) is 0 Å². The molecule has 2 rings (SSSR count). The fourth-order valence-corrected chi connectivity index (χ4v) is 4.25. The van der Waals surface area contributed by atoms with Gasteiger partial charge in [-0.15, -0.1) is 10.3 Å². The smallest absolute Gasteiger partial charge is 0.410 e. The zero-order valence-electron chi connectivity index (χ0n) is 17.0. The predicted octanol–water partition coefficient (Wildman–Crippen LogP) is 3.00. The highest BCUT2D eigenvalue weighted by molar-refractivity contribution is 7.86. The molecule has 1 fully saturated rings. The minimum atomic E-state index is -4.88. The molecule has 0 spiro atoms. The molecule has 1 amide bonds. The van der Waals surface area contributed by atoms with E-state index in [-0.39, 0.29) is 16.6 Å².